The first kappa shape index (κ1) is 12.4. The third kappa shape index (κ3) is 2.97. The van der Waals surface area contributed by atoms with E-state index in [1.807, 2.05) is 6.92 Å². The van der Waals surface area contributed by atoms with Crippen molar-refractivity contribution < 1.29 is 4.79 Å². The van der Waals surface area contributed by atoms with Crippen LogP contribution in [0.2, 0.25) is 5.15 Å². The Morgan fingerprint density at radius 3 is 2.65 bits per heavy atom. The van der Waals surface area contributed by atoms with Crippen LogP contribution in [0.15, 0.2) is 12.1 Å². The molecular weight excluding hydrogens is 236 g/mol. The van der Waals surface area contributed by atoms with Crippen molar-refractivity contribution in [2.45, 2.75) is 45.1 Å². The molecule has 0 bridgehead atoms. The Morgan fingerprint density at radius 2 is 2.06 bits per heavy atom. The van der Waals surface area contributed by atoms with Gasteiger partial charge in [-0.05, 0) is 38.8 Å². The second-order valence-corrected chi connectivity index (χ2v) is 5.43. The summed E-state index contributed by atoms with van der Waals surface area (Å²) in [5.74, 6) is -0.0539. The number of nitrogens with zero attached hydrogens (tertiary/aromatic N) is 1. The van der Waals surface area contributed by atoms with Gasteiger partial charge in [0.15, 0.2) is 0 Å². The van der Waals surface area contributed by atoms with Gasteiger partial charge in [0.1, 0.15) is 5.15 Å². The molecule has 0 aliphatic heterocycles. The first-order valence-corrected chi connectivity index (χ1v) is 6.33. The number of carbonyl (C=O) groups excluding carboxylic acids is 1. The summed E-state index contributed by atoms with van der Waals surface area (Å²) in [7, 11) is 0. The molecule has 1 amide bonds. The normalized spacial score (nSPS) is 18.1. The molecule has 3 nitrogen and oxygen atoms in total. The lowest BCUT2D eigenvalue weighted by molar-refractivity contribution is 0.0908. The Balaban J connectivity index is 2.14. The van der Waals surface area contributed by atoms with E-state index in [9.17, 15) is 4.79 Å². The standard InChI is InChI=1S/C13H17ClN2O/c1-9-7-10(8-11(14)15-9)12(17)16-13(2)5-3-4-6-13/h7-8H,3-6H2,1-2H3,(H,16,17). The van der Waals surface area contributed by atoms with E-state index in [1.54, 1.807) is 12.1 Å². The van der Waals surface area contributed by atoms with E-state index < -0.39 is 0 Å². The summed E-state index contributed by atoms with van der Waals surface area (Å²) in [6.07, 6.45) is 4.48. The Morgan fingerprint density at radius 1 is 1.41 bits per heavy atom. The highest BCUT2D eigenvalue weighted by Gasteiger charge is 2.30. The quantitative estimate of drug-likeness (QED) is 0.822. The van der Waals surface area contributed by atoms with Gasteiger partial charge in [-0.25, -0.2) is 4.98 Å². The molecule has 1 aliphatic rings. The molecule has 2 rings (SSSR count). The molecule has 0 radical (unpaired) electrons. The topological polar surface area (TPSA) is 42.0 Å². The van der Waals surface area contributed by atoms with E-state index in [2.05, 4.69) is 17.2 Å². The van der Waals surface area contributed by atoms with Gasteiger partial charge in [-0.3, -0.25) is 4.79 Å². The van der Waals surface area contributed by atoms with Crippen molar-refractivity contribution in [2.75, 3.05) is 0 Å². The highest BCUT2D eigenvalue weighted by Crippen LogP contribution is 2.29. The second kappa shape index (κ2) is 4.65. The molecule has 1 aromatic rings. The van der Waals surface area contributed by atoms with Gasteiger partial charge in [0.05, 0.1) is 0 Å². The molecule has 0 aromatic carbocycles. The van der Waals surface area contributed by atoms with E-state index in [4.69, 9.17) is 11.6 Å². The van der Waals surface area contributed by atoms with Gasteiger partial charge in [0.2, 0.25) is 0 Å². The van der Waals surface area contributed by atoms with Gasteiger partial charge in [-0.1, -0.05) is 24.4 Å². The predicted molar refractivity (Wildman–Crippen MR) is 68.3 cm³/mol. The molecule has 92 valence electrons. The lowest BCUT2D eigenvalue weighted by Crippen LogP contribution is -2.43. The molecule has 0 atom stereocenters. The number of hydrogen-bond donors (Lipinski definition) is 1. The number of halogens is 1. The largest absolute Gasteiger partial charge is 0.347 e. The first-order chi connectivity index (χ1) is 7.98. The van der Waals surface area contributed by atoms with Crippen molar-refractivity contribution >= 4 is 17.5 Å². The van der Waals surface area contributed by atoms with Crippen LogP contribution in [-0.2, 0) is 0 Å². The highest BCUT2D eigenvalue weighted by atomic mass is 35.5. The second-order valence-electron chi connectivity index (χ2n) is 5.04. The zero-order valence-corrected chi connectivity index (χ0v) is 11.0. The monoisotopic (exact) mass is 252 g/mol. The zero-order chi connectivity index (χ0) is 12.5. The first-order valence-electron chi connectivity index (χ1n) is 5.95. The molecule has 1 N–H and O–H groups in total. The average molecular weight is 253 g/mol. The van der Waals surface area contributed by atoms with Crippen LogP contribution in [0.5, 0.6) is 0 Å². The number of nitrogens with one attached hydrogen (secondary N) is 1. The fraction of sp³-hybridized carbons (Fsp3) is 0.538. The maximum absolute atomic E-state index is 12.1. The minimum absolute atomic E-state index is 0.0539. The van der Waals surface area contributed by atoms with Crippen LogP contribution in [0.3, 0.4) is 0 Å². The van der Waals surface area contributed by atoms with Crippen molar-refractivity contribution in [2.24, 2.45) is 0 Å². The van der Waals surface area contributed by atoms with Crippen molar-refractivity contribution in [3.8, 4) is 0 Å². The molecule has 0 spiro atoms. The van der Waals surface area contributed by atoms with Gasteiger partial charge in [0.25, 0.3) is 5.91 Å². The van der Waals surface area contributed by atoms with Crippen LogP contribution in [0.1, 0.15) is 48.7 Å². The summed E-state index contributed by atoms with van der Waals surface area (Å²) in [5, 5.41) is 3.47. The average Bonchev–Trinajstić information content (AvgIpc) is 2.63. The number of amides is 1. The van der Waals surface area contributed by atoms with Crippen molar-refractivity contribution in [3.05, 3.63) is 28.5 Å². The van der Waals surface area contributed by atoms with Crippen molar-refractivity contribution in [1.29, 1.82) is 0 Å². The Labute approximate surface area is 107 Å². The van der Waals surface area contributed by atoms with Crippen LogP contribution in [0.25, 0.3) is 0 Å². The molecule has 0 saturated heterocycles. The van der Waals surface area contributed by atoms with E-state index in [1.165, 1.54) is 12.8 Å². The molecule has 1 aromatic heterocycles. The van der Waals surface area contributed by atoms with Gasteiger partial charge < -0.3 is 5.32 Å². The fourth-order valence-corrected chi connectivity index (χ4v) is 2.64. The van der Waals surface area contributed by atoms with Gasteiger partial charge in [-0.15, -0.1) is 0 Å². The third-order valence-electron chi connectivity index (χ3n) is 3.31. The van der Waals surface area contributed by atoms with Gasteiger partial charge >= 0.3 is 0 Å². The summed E-state index contributed by atoms with van der Waals surface area (Å²) in [4.78, 5) is 16.2. The van der Waals surface area contributed by atoms with Gasteiger partial charge in [0, 0.05) is 16.8 Å². The molecule has 1 aliphatic carbocycles. The maximum Gasteiger partial charge on any atom is 0.251 e. The molecule has 1 heterocycles. The van der Waals surface area contributed by atoms with Crippen LogP contribution in [0, 0.1) is 6.92 Å². The summed E-state index contributed by atoms with van der Waals surface area (Å²) >= 11 is 5.85. The van der Waals surface area contributed by atoms with E-state index >= 15 is 0 Å². The molecular formula is C13H17ClN2O. The lowest BCUT2D eigenvalue weighted by atomic mass is 10.00. The Kier molecular flexibility index (Phi) is 3.38. The van der Waals surface area contributed by atoms with Crippen LogP contribution in [0.4, 0.5) is 0 Å². The van der Waals surface area contributed by atoms with Crippen LogP contribution < -0.4 is 5.32 Å². The highest BCUT2D eigenvalue weighted by molar-refractivity contribution is 6.29. The minimum Gasteiger partial charge on any atom is -0.347 e. The Hall–Kier alpha value is -1.09. The minimum atomic E-state index is -0.0548. The number of carbonyl (C=O) groups is 1. The van der Waals surface area contributed by atoms with Crippen LogP contribution >= 0.6 is 11.6 Å². The molecule has 4 heteroatoms. The molecule has 1 fully saturated rings. The van der Waals surface area contributed by atoms with Crippen molar-refractivity contribution in [3.63, 3.8) is 0 Å². The summed E-state index contributed by atoms with van der Waals surface area (Å²) < 4.78 is 0. The lowest BCUT2D eigenvalue weighted by Gasteiger charge is -2.25. The maximum atomic E-state index is 12.1. The van der Waals surface area contributed by atoms with E-state index in [0.717, 1.165) is 18.5 Å². The number of pyridine rings is 1. The third-order valence-corrected chi connectivity index (χ3v) is 3.50. The molecule has 1 saturated carbocycles. The SMILES string of the molecule is Cc1cc(C(=O)NC2(C)CCCC2)cc(Cl)n1. The molecule has 17 heavy (non-hydrogen) atoms. The van der Waals surface area contributed by atoms with Gasteiger partial charge in [-0.2, -0.15) is 0 Å². The number of hydrogen-bond acceptors (Lipinski definition) is 2. The smallest absolute Gasteiger partial charge is 0.251 e. The number of aromatic nitrogens is 1. The molecule has 0 unspecified atom stereocenters. The van der Waals surface area contributed by atoms with Crippen molar-refractivity contribution in [1.82, 2.24) is 10.3 Å². The number of rotatable bonds is 2. The number of aryl methyl sites for hydroxylation is 1. The predicted octanol–water partition coefficient (Wildman–Crippen LogP) is 3.11. The van der Waals surface area contributed by atoms with E-state index in [0.29, 0.717) is 10.7 Å². The summed E-state index contributed by atoms with van der Waals surface area (Å²) in [5.41, 5.74) is 1.30. The summed E-state index contributed by atoms with van der Waals surface area (Å²) in [6.45, 7) is 3.94. The zero-order valence-electron chi connectivity index (χ0n) is 10.2. The van der Waals surface area contributed by atoms with Crippen LogP contribution in [-0.4, -0.2) is 16.4 Å². The Bertz CT molecular complexity index is 419. The van der Waals surface area contributed by atoms with E-state index in [-0.39, 0.29) is 11.4 Å². The fourth-order valence-electron chi connectivity index (χ4n) is 2.39. The summed E-state index contributed by atoms with van der Waals surface area (Å²) in [6, 6.07) is 3.38.